The fourth-order valence-electron chi connectivity index (χ4n) is 2.46. The van der Waals surface area contributed by atoms with Crippen molar-refractivity contribution in [3.8, 4) is 5.75 Å². The van der Waals surface area contributed by atoms with Crippen molar-refractivity contribution in [3.63, 3.8) is 0 Å². The molecule has 1 aromatic rings. The molecule has 0 unspecified atom stereocenters. The molecule has 0 aliphatic heterocycles. The predicted octanol–water partition coefficient (Wildman–Crippen LogP) is 3.83. The van der Waals surface area contributed by atoms with Crippen molar-refractivity contribution in [2.24, 2.45) is 0 Å². The fraction of sp³-hybridized carbons (Fsp3) is 0.600. The minimum Gasteiger partial charge on any atom is -0.496 e. The molecular weight excluding hydrogens is 290 g/mol. The van der Waals surface area contributed by atoms with E-state index < -0.39 is 0 Å². The fourth-order valence-corrected chi connectivity index (χ4v) is 2.71. The van der Waals surface area contributed by atoms with Crippen LogP contribution in [0.2, 0.25) is 0 Å². The number of hydrogen-bond donors (Lipinski definition) is 0. The third-order valence-corrected chi connectivity index (χ3v) is 4.30. The molecule has 1 aliphatic carbocycles. The van der Waals surface area contributed by atoms with Crippen LogP contribution in [0, 0.1) is 0 Å². The van der Waals surface area contributed by atoms with Crippen molar-refractivity contribution < 1.29 is 4.74 Å². The van der Waals surface area contributed by atoms with E-state index in [0.29, 0.717) is 0 Å². The van der Waals surface area contributed by atoms with Crippen LogP contribution in [0.3, 0.4) is 0 Å². The summed E-state index contributed by atoms with van der Waals surface area (Å²) >= 11 is 3.53. The summed E-state index contributed by atoms with van der Waals surface area (Å²) < 4.78 is 5.45. The van der Waals surface area contributed by atoms with Crippen LogP contribution in [-0.4, -0.2) is 29.9 Å². The van der Waals surface area contributed by atoms with E-state index >= 15 is 0 Å². The number of ether oxygens (including phenoxy) is 1. The maximum atomic E-state index is 5.45. The smallest absolute Gasteiger partial charge is 0.123 e. The Morgan fingerprint density at radius 3 is 2.72 bits per heavy atom. The van der Waals surface area contributed by atoms with Gasteiger partial charge in [-0.25, -0.2) is 0 Å². The maximum absolute atomic E-state index is 5.45. The van der Waals surface area contributed by atoms with Gasteiger partial charge in [-0.2, -0.15) is 0 Å². The number of benzene rings is 1. The van der Waals surface area contributed by atoms with E-state index in [9.17, 15) is 0 Å². The number of nitrogens with zero attached hydrogens (tertiary/aromatic N) is 1. The highest BCUT2D eigenvalue weighted by Gasteiger charge is 2.25. The zero-order valence-corrected chi connectivity index (χ0v) is 12.7. The summed E-state index contributed by atoms with van der Waals surface area (Å²) in [5, 5.41) is 1.09. The van der Waals surface area contributed by atoms with Gasteiger partial charge in [0, 0.05) is 23.5 Å². The second-order valence-electron chi connectivity index (χ2n) is 4.91. The van der Waals surface area contributed by atoms with Crippen LogP contribution in [0.1, 0.15) is 31.2 Å². The second kappa shape index (κ2) is 7.15. The zero-order chi connectivity index (χ0) is 12.8. The van der Waals surface area contributed by atoms with Gasteiger partial charge >= 0.3 is 0 Å². The van der Waals surface area contributed by atoms with Crippen molar-refractivity contribution >= 4 is 15.9 Å². The van der Waals surface area contributed by atoms with Gasteiger partial charge in [0.05, 0.1) is 7.11 Å². The molecule has 0 spiro atoms. The van der Waals surface area contributed by atoms with Crippen molar-refractivity contribution in [1.82, 2.24) is 4.90 Å². The van der Waals surface area contributed by atoms with E-state index in [0.717, 1.165) is 23.7 Å². The number of methoxy groups -OCH3 is 1. The third kappa shape index (κ3) is 3.48. The van der Waals surface area contributed by atoms with Gasteiger partial charge in [-0.15, -0.1) is 0 Å². The van der Waals surface area contributed by atoms with E-state index in [1.807, 2.05) is 6.07 Å². The van der Waals surface area contributed by atoms with Crippen LogP contribution >= 0.6 is 15.9 Å². The van der Waals surface area contributed by atoms with Crippen molar-refractivity contribution in [1.29, 1.82) is 0 Å². The standard InChI is InChI=1S/C15H22BrNO/c1-18-15-9-3-2-6-13(15)12-17(11-5-10-16)14-7-4-8-14/h2-3,6,9,14H,4-5,7-8,10-12H2,1H3. The molecule has 0 aromatic heterocycles. The average Bonchev–Trinajstić information content (AvgIpc) is 2.34. The maximum Gasteiger partial charge on any atom is 0.123 e. The molecule has 2 nitrogen and oxygen atoms in total. The summed E-state index contributed by atoms with van der Waals surface area (Å²) in [6, 6.07) is 9.15. The SMILES string of the molecule is COc1ccccc1CN(CCCBr)C1CCC1. The van der Waals surface area contributed by atoms with Gasteiger partial charge in [0.25, 0.3) is 0 Å². The molecule has 0 heterocycles. The molecule has 0 radical (unpaired) electrons. The Morgan fingerprint density at radius 2 is 2.11 bits per heavy atom. The van der Waals surface area contributed by atoms with Crippen molar-refractivity contribution in [3.05, 3.63) is 29.8 Å². The minimum atomic E-state index is 0.786. The zero-order valence-electron chi connectivity index (χ0n) is 11.1. The average molecular weight is 312 g/mol. The first-order valence-corrected chi connectivity index (χ1v) is 7.89. The summed E-state index contributed by atoms with van der Waals surface area (Å²) in [4.78, 5) is 2.61. The summed E-state index contributed by atoms with van der Waals surface area (Å²) in [5.74, 6) is 1.01. The quantitative estimate of drug-likeness (QED) is 0.709. The molecule has 0 amide bonds. The van der Waals surface area contributed by atoms with Gasteiger partial charge < -0.3 is 4.74 Å². The Balaban J connectivity index is 2.02. The van der Waals surface area contributed by atoms with Gasteiger partial charge in [-0.05, 0) is 31.9 Å². The van der Waals surface area contributed by atoms with Crippen LogP contribution < -0.4 is 4.74 Å². The second-order valence-corrected chi connectivity index (χ2v) is 5.70. The highest BCUT2D eigenvalue weighted by atomic mass is 79.9. The van der Waals surface area contributed by atoms with Crippen LogP contribution in [0.5, 0.6) is 5.75 Å². The molecule has 0 saturated heterocycles. The van der Waals surface area contributed by atoms with Gasteiger partial charge in [0.15, 0.2) is 0 Å². The highest BCUT2D eigenvalue weighted by Crippen LogP contribution is 2.28. The lowest BCUT2D eigenvalue weighted by atomic mass is 9.91. The number of para-hydroxylation sites is 1. The summed E-state index contributed by atoms with van der Waals surface area (Å²) in [6.45, 7) is 2.19. The van der Waals surface area contributed by atoms with Crippen LogP contribution in [0.4, 0.5) is 0 Å². The number of halogens is 1. The van der Waals surface area contributed by atoms with Crippen LogP contribution in [-0.2, 0) is 6.54 Å². The number of rotatable bonds is 7. The molecule has 0 atom stereocenters. The molecule has 3 heteroatoms. The Hall–Kier alpha value is -0.540. The van der Waals surface area contributed by atoms with E-state index in [4.69, 9.17) is 4.74 Å². The summed E-state index contributed by atoms with van der Waals surface area (Å²) in [7, 11) is 1.75. The Bertz CT molecular complexity index is 365. The minimum absolute atomic E-state index is 0.786. The largest absolute Gasteiger partial charge is 0.496 e. The molecular formula is C15H22BrNO. The molecule has 0 N–H and O–H groups in total. The molecule has 1 saturated carbocycles. The first kappa shape index (κ1) is 13.9. The number of hydrogen-bond acceptors (Lipinski definition) is 2. The van der Waals surface area contributed by atoms with Gasteiger partial charge in [0.2, 0.25) is 0 Å². The Labute approximate surface area is 118 Å². The Kier molecular flexibility index (Phi) is 5.51. The van der Waals surface area contributed by atoms with Crippen molar-refractivity contribution in [2.75, 3.05) is 19.0 Å². The predicted molar refractivity (Wildman–Crippen MR) is 79.5 cm³/mol. The lowest BCUT2D eigenvalue weighted by Crippen LogP contribution is -2.40. The molecule has 100 valence electrons. The van der Waals surface area contributed by atoms with Crippen LogP contribution in [0.15, 0.2) is 24.3 Å². The molecule has 1 aliphatic rings. The van der Waals surface area contributed by atoms with E-state index in [1.54, 1.807) is 7.11 Å². The summed E-state index contributed by atoms with van der Waals surface area (Å²) in [5.41, 5.74) is 1.31. The van der Waals surface area contributed by atoms with Gasteiger partial charge in [-0.3, -0.25) is 4.90 Å². The Morgan fingerprint density at radius 1 is 1.33 bits per heavy atom. The van der Waals surface area contributed by atoms with E-state index in [-0.39, 0.29) is 0 Å². The van der Waals surface area contributed by atoms with E-state index in [1.165, 1.54) is 37.8 Å². The van der Waals surface area contributed by atoms with Gasteiger partial charge in [-0.1, -0.05) is 40.5 Å². The summed E-state index contributed by atoms with van der Waals surface area (Å²) in [6.07, 6.45) is 5.32. The molecule has 18 heavy (non-hydrogen) atoms. The highest BCUT2D eigenvalue weighted by molar-refractivity contribution is 9.09. The molecule has 2 rings (SSSR count). The molecule has 1 aromatic carbocycles. The van der Waals surface area contributed by atoms with Gasteiger partial charge in [0.1, 0.15) is 5.75 Å². The molecule has 1 fully saturated rings. The monoisotopic (exact) mass is 311 g/mol. The van der Waals surface area contributed by atoms with Crippen molar-refractivity contribution in [2.45, 2.75) is 38.3 Å². The first-order valence-electron chi connectivity index (χ1n) is 6.77. The van der Waals surface area contributed by atoms with E-state index in [2.05, 4.69) is 39.0 Å². The topological polar surface area (TPSA) is 12.5 Å². The third-order valence-electron chi connectivity index (χ3n) is 3.74. The lowest BCUT2D eigenvalue weighted by molar-refractivity contribution is 0.119. The van der Waals surface area contributed by atoms with Crippen LogP contribution in [0.25, 0.3) is 0 Å². The number of alkyl halides is 1. The lowest BCUT2D eigenvalue weighted by Gasteiger charge is -2.37. The first-order chi connectivity index (χ1) is 8.85. The normalized spacial score (nSPS) is 15.7. The molecule has 0 bridgehead atoms.